The Morgan fingerprint density at radius 2 is 2.33 bits per heavy atom. The highest BCUT2D eigenvalue weighted by molar-refractivity contribution is 5.76. The summed E-state index contributed by atoms with van der Waals surface area (Å²) in [7, 11) is 0. The summed E-state index contributed by atoms with van der Waals surface area (Å²) in [5.74, 6) is -0.283. The molecule has 1 atom stereocenters. The minimum absolute atomic E-state index is 0.122. The van der Waals surface area contributed by atoms with E-state index in [0.29, 0.717) is 5.65 Å². The predicted octanol–water partition coefficient (Wildman–Crippen LogP) is 0.0965. The lowest BCUT2D eigenvalue weighted by Crippen LogP contribution is -2.34. The minimum atomic E-state index is -0.336. The van der Waals surface area contributed by atoms with Crippen molar-refractivity contribution < 1.29 is 4.79 Å². The highest BCUT2D eigenvalue weighted by Crippen LogP contribution is 2.08. The van der Waals surface area contributed by atoms with E-state index in [0.717, 1.165) is 10.2 Å². The molecule has 2 N–H and O–H groups in total. The first-order chi connectivity index (χ1) is 10.1. The summed E-state index contributed by atoms with van der Waals surface area (Å²) in [5.41, 5.74) is 1.04. The standard InChI is InChI=1S/C13H14N6O2/c1-9(10-6-14-15-7-10)16-12(20)8-19-13(21)18-5-3-2-4-11(18)17-19/h2-7,9H,8H2,1H3,(H,14,15)(H,16,20). The van der Waals surface area contributed by atoms with Crippen molar-refractivity contribution in [3.63, 3.8) is 0 Å². The van der Waals surface area contributed by atoms with Crippen LogP contribution in [0.15, 0.2) is 41.6 Å². The van der Waals surface area contributed by atoms with Gasteiger partial charge in [0.25, 0.3) is 0 Å². The minimum Gasteiger partial charge on any atom is -0.348 e. The van der Waals surface area contributed by atoms with Gasteiger partial charge in [-0.1, -0.05) is 6.07 Å². The van der Waals surface area contributed by atoms with Gasteiger partial charge in [0.1, 0.15) is 6.54 Å². The fraction of sp³-hybridized carbons (Fsp3) is 0.231. The van der Waals surface area contributed by atoms with Gasteiger partial charge in [-0.05, 0) is 19.1 Å². The number of carbonyl (C=O) groups excluding carboxylic acids is 1. The molecule has 0 spiro atoms. The van der Waals surface area contributed by atoms with Crippen LogP contribution in [0.5, 0.6) is 0 Å². The van der Waals surface area contributed by atoms with Crippen LogP contribution in [-0.2, 0) is 11.3 Å². The van der Waals surface area contributed by atoms with Gasteiger partial charge in [0, 0.05) is 18.0 Å². The Morgan fingerprint density at radius 3 is 3.05 bits per heavy atom. The summed E-state index contributed by atoms with van der Waals surface area (Å²) >= 11 is 0. The van der Waals surface area contributed by atoms with Gasteiger partial charge in [-0.3, -0.25) is 14.3 Å². The summed E-state index contributed by atoms with van der Waals surface area (Å²) in [4.78, 5) is 24.0. The number of amides is 1. The van der Waals surface area contributed by atoms with Crippen molar-refractivity contribution in [1.82, 2.24) is 29.7 Å². The largest absolute Gasteiger partial charge is 0.350 e. The number of fused-ring (bicyclic) bond motifs is 1. The third kappa shape index (κ3) is 2.55. The summed E-state index contributed by atoms with van der Waals surface area (Å²) in [6.45, 7) is 1.72. The fourth-order valence-corrected chi connectivity index (χ4v) is 2.08. The van der Waals surface area contributed by atoms with E-state index in [-0.39, 0.29) is 24.2 Å². The quantitative estimate of drug-likeness (QED) is 0.710. The Bertz CT molecular complexity index is 817. The maximum absolute atomic E-state index is 12.0. The molecule has 0 aliphatic rings. The van der Waals surface area contributed by atoms with Crippen molar-refractivity contribution in [1.29, 1.82) is 0 Å². The second-order valence-corrected chi connectivity index (χ2v) is 4.69. The second kappa shape index (κ2) is 5.23. The van der Waals surface area contributed by atoms with Crippen molar-refractivity contribution in [2.24, 2.45) is 0 Å². The van der Waals surface area contributed by atoms with Gasteiger partial charge in [0.15, 0.2) is 5.65 Å². The molecule has 0 aliphatic carbocycles. The molecular weight excluding hydrogens is 272 g/mol. The summed E-state index contributed by atoms with van der Waals surface area (Å²) in [5, 5.41) is 13.4. The molecular formula is C13H14N6O2. The number of nitrogens with zero attached hydrogens (tertiary/aromatic N) is 4. The number of pyridine rings is 1. The van der Waals surface area contributed by atoms with Crippen molar-refractivity contribution in [3.05, 3.63) is 52.8 Å². The molecule has 0 saturated heterocycles. The van der Waals surface area contributed by atoms with Crippen LogP contribution in [0.3, 0.4) is 0 Å². The zero-order valence-corrected chi connectivity index (χ0v) is 11.4. The van der Waals surface area contributed by atoms with Crippen LogP contribution in [0, 0.1) is 0 Å². The van der Waals surface area contributed by atoms with Gasteiger partial charge < -0.3 is 5.32 Å². The van der Waals surface area contributed by atoms with Crippen molar-refractivity contribution >= 4 is 11.6 Å². The Hall–Kier alpha value is -2.90. The number of nitrogens with one attached hydrogen (secondary N) is 2. The molecule has 0 aliphatic heterocycles. The molecule has 3 aromatic heterocycles. The van der Waals surface area contributed by atoms with Gasteiger partial charge in [-0.15, -0.1) is 5.10 Å². The predicted molar refractivity (Wildman–Crippen MR) is 74.6 cm³/mol. The molecule has 21 heavy (non-hydrogen) atoms. The number of H-pyrrole nitrogens is 1. The molecule has 0 aromatic carbocycles. The van der Waals surface area contributed by atoms with E-state index in [1.165, 1.54) is 4.40 Å². The maximum atomic E-state index is 12.0. The first-order valence-electron chi connectivity index (χ1n) is 6.47. The number of aromatic nitrogens is 5. The fourth-order valence-electron chi connectivity index (χ4n) is 2.08. The Kier molecular flexibility index (Phi) is 3.27. The smallest absolute Gasteiger partial charge is 0.348 e. The Morgan fingerprint density at radius 1 is 1.48 bits per heavy atom. The van der Waals surface area contributed by atoms with Crippen molar-refractivity contribution in [2.45, 2.75) is 19.5 Å². The molecule has 0 bridgehead atoms. The van der Waals surface area contributed by atoms with Gasteiger partial charge in [-0.2, -0.15) is 5.10 Å². The molecule has 0 saturated carbocycles. The molecule has 1 amide bonds. The first kappa shape index (κ1) is 13.1. The van der Waals surface area contributed by atoms with Crippen LogP contribution < -0.4 is 11.0 Å². The van der Waals surface area contributed by atoms with Crippen LogP contribution in [0.4, 0.5) is 0 Å². The Balaban J connectivity index is 1.74. The molecule has 3 aromatic rings. The molecule has 3 rings (SSSR count). The van der Waals surface area contributed by atoms with Crippen LogP contribution in [-0.4, -0.2) is 30.3 Å². The van der Waals surface area contributed by atoms with E-state index in [1.807, 2.05) is 6.92 Å². The van der Waals surface area contributed by atoms with Gasteiger partial charge >= 0.3 is 5.69 Å². The normalized spacial score (nSPS) is 12.4. The number of hydrogen-bond acceptors (Lipinski definition) is 4. The topological polar surface area (TPSA) is 97.1 Å². The monoisotopic (exact) mass is 286 g/mol. The number of aromatic amines is 1. The van der Waals surface area contributed by atoms with Gasteiger partial charge in [0.2, 0.25) is 5.91 Å². The molecule has 8 heteroatoms. The summed E-state index contributed by atoms with van der Waals surface area (Å²) in [6.07, 6.45) is 4.97. The number of rotatable bonds is 4. The van der Waals surface area contributed by atoms with Crippen LogP contribution in [0.2, 0.25) is 0 Å². The van der Waals surface area contributed by atoms with E-state index >= 15 is 0 Å². The molecule has 3 heterocycles. The Labute approximate surface area is 119 Å². The summed E-state index contributed by atoms with van der Waals surface area (Å²) < 4.78 is 2.54. The van der Waals surface area contributed by atoms with Crippen LogP contribution >= 0.6 is 0 Å². The second-order valence-electron chi connectivity index (χ2n) is 4.69. The number of hydrogen-bond donors (Lipinski definition) is 2. The zero-order valence-electron chi connectivity index (χ0n) is 11.4. The molecule has 0 radical (unpaired) electrons. The van der Waals surface area contributed by atoms with E-state index in [1.54, 1.807) is 36.8 Å². The molecule has 0 fully saturated rings. The highest BCUT2D eigenvalue weighted by atomic mass is 16.2. The molecule has 108 valence electrons. The van der Waals surface area contributed by atoms with Crippen molar-refractivity contribution in [3.8, 4) is 0 Å². The van der Waals surface area contributed by atoms with E-state index in [9.17, 15) is 9.59 Å². The third-order valence-electron chi connectivity index (χ3n) is 3.18. The highest BCUT2D eigenvalue weighted by Gasteiger charge is 2.13. The maximum Gasteiger partial charge on any atom is 0.350 e. The average molecular weight is 286 g/mol. The zero-order chi connectivity index (χ0) is 14.8. The van der Waals surface area contributed by atoms with E-state index in [2.05, 4.69) is 20.6 Å². The third-order valence-corrected chi connectivity index (χ3v) is 3.18. The number of carbonyl (C=O) groups is 1. The average Bonchev–Trinajstić information content (AvgIpc) is 3.09. The van der Waals surface area contributed by atoms with Crippen LogP contribution in [0.1, 0.15) is 18.5 Å². The van der Waals surface area contributed by atoms with Crippen molar-refractivity contribution in [2.75, 3.05) is 0 Å². The lowest BCUT2D eigenvalue weighted by Gasteiger charge is -2.11. The molecule has 8 nitrogen and oxygen atoms in total. The van der Waals surface area contributed by atoms with E-state index < -0.39 is 0 Å². The first-order valence-corrected chi connectivity index (χ1v) is 6.47. The van der Waals surface area contributed by atoms with Gasteiger partial charge in [0.05, 0.1) is 12.2 Å². The lowest BCUT2D eigenvalue weighted by molar-refractivity contribution is -0.122. The molecule has 1 unspecified atom stereocenters. The SMILES string of the molecule is CC(NC(=O)Cn1nc2ccccn2c1=O)c1cn[nH]c1. The van der Waals surface area contributed by atoms with Gasteiger partial charge in [-0.25, -0.2) is 9.48 Å². The summed E-state index contributed by atoms with van der Waals surface area (Å²) in [6, 6.07) is 5.04. The van der Waals surface area contributed by atoms with E-state index in [4.69, 9.17) is 0 Å². The lowest BCUT2D eigenvalue weighted by atomic mass is 10.2. The van der Waals surface area contributed by atoms with Crippen LogP contribution in [0.25, 0.3) is 5.65 Å².